The fourth-order valence-corrected chi connectivity index (χ4v) is 1.45. The third-order valence-electron chi connectivity index (χ3n) is 2.43. The van der Waals surface area contributed by atoms with Crippen molar-refractivity contribution in [2.45, 2.75) is 25.8 Å². The number of rotatable bonds is 6. The van der Waals surface area contributed by atoms with Crippen LogP contribution in [0.3, 0.4) is 0 Å². The second kappa shape index (κ2) is 6.07. The highest BCUT2D eigenvalue weighted by molar-refractivity contribution is 5.86. The Bertz CT molecular complexity index is 315. The van der Waals surface area contributed by atoms with E-state index >= 15 is 0 Å². The first-order valence-electron chi connectivity index (χ1n) is 5.57. The molecule has 0 heterocycles. The second-order valence-corrected chi connectivity index (χ2v) is 3.85. The standard InChI is InChI=1S/C10H17N3O4/c1-2-13(7-3-4-7)10(17)12-5-8(14)11-6-9(15)16/h7H,2-6H2,1H3,(H,11,14)(H,12,17)(H,15,16). The molecule has 7 heteroatoms. The summed E-state index contributed by atoms with van der Waals surface area (Å²) in [6.45, 7) is 1.85. The van der Waals surface area contributed by atoms with E-state index < -0.39 is 18.4 Å². The Morgan fingerprint density at radius 1 is 1.24 bits per heavy atom. The molecule has 3 N–H and O–H groups in total. The van der Waals surface area contributed by atoms with Crippen molar-refractivity contribution in [3.05, 3.63) is 0 Å². The Labute approximate surface area is 99.2 Å². The van der Waals surface area contributed by atoms with Crippen molar-refractivity contribution in [3.8, 4) is 0 Å². The summed E-state index contributed by atoms with van der Waals surface area (Å²) in [7, 11) is 0. The van der Waals surface area contributed by atoms with E-state index in [1.807, 2.05) is 6.92 Å². The zero-order valence-electron chi connectivity index (χ0n) is 9.73. The SMILES string of the molecule is CCN(C(=O)NCC(=O)NCC(=O)O)C1CC1. The fraction of sp³-hybridized carbons (Fsp3) is 0.700. The summed E-state index contributed by atoms with van der Waals surface area (Å²) < 4.78 is 0. The number of hydrogen-bond acceptors (Lipinski definition) is 3. The van der Waals surface area contributed by atoms with Crippen molar-refractivity contribution >= 4 is 17.9 Å². The van der Waals surface area contributed by atoms with Gasteiger partial charge in [-0.1, -0.05) is 0 Å². The first-order chi connectivity index (χ1) is 8.04. The van der Waals surface area contributed by atoms with Gasteiger partial charge in [0.25, 0.3) is 0 Å². The lowest BCUT2D eigenvalue weighted by Gasteiger charge is -2.20. The average Bonchev–Trinajstić information content (AvgIpc) is 3.08. The van der Waals surface area contributed by atoms with E-state index in [2.05, 4.69) is 10.6 Å². The lowest BCUT2D eigenvalue weighted by molar-refractivity contribution is -0.137. The molecule has 3 amide bonds. The molecule has 0 aromatic heterocycles. The zero-order valence-corrected chi connectivity index (χ0v) is 9.73. The molecule has 96 valence electrons. The highest BCUT2D eigenvalue weighted by Gasteiger charge is 2.31. The number of carbonyl (C=O) groups excluding carboxylic acids is 2. The molecule has 7 nitrogen and oxygen atoms in total. The summed E-state index contributed by atoms with van der Waals surface area (Å²) >= 11 is 0. The second-order valence-electron chi connectivity index (χ2n) is 3.85. The molecule has 17 heavy (non-hydrogen) atoms. The molecule has 0 bridgehead atoms. The summed E-state index contributed by atoms with van der Waals surface area (Å²) in [6, 6.07) is 0.0163. The van der Waals surface area contributed by atoms with Crippen LogP contribution < -0.4 is 10.6 Å². The van der Waals surface area contributed by atoms with Crippen LogP contribution in [0.15, 0.2) is 0 Å². The summed E-state index contributed by atoms with van der Waals surface area (Å²) in [5.41, 5.74) is 0. The van der Waals surface area contributed by atoms with Crippen LogP contribution in [0.4, 0.5) is 4.79 Å². The van der Waals surface area contributed by atoms with Crippen LogP contribution >= 0.6 is 0 Å². The van der Waals surface area contributed by atoms with Crippen LogP contribution in [0.5, 0.6) is 0 Å². The number of aliphatic carboxylic acids is 1. The summed E-state index contributed by atoms with van der Waals surface area (Å²) in [5.74, 6) is -1.62. The van der Waals surface area contributed by atoms with E-state index in [1.54, 1.807) is 4.90 Å². The molecule has 0 saturated heterocycles. The maximum absolute atomic E-state index is 11.6. The quantitative estimate of drug-likeness (QED) is 0.579. The first kappa shape index (κ1) is 13.3. The van der Waals surface area contributed by atoms with Crippen LogP contribution in [0.1, 0.15) is 19.8 Å². The molecular formula is C10H17N3O4. The molecule has 0 radical (unpaired) electrons. The van der Waals surface area contributed by atoms with Crippen molar-refractivity contribution in [1.29, 1.82) is 0 Å². The zero-order chi connectivity index (χ0) is 12.8. The first-order valence-corrected chi connectivity index (χ1v) is 5.57. The minimum Gasteiger partial charge on any atom is -0.480 e. The summed E-state index contributed by atoms with van der Waals surface area (Å²) in [4.78, 5) is 34.6. The molecule has 0 spiro atoms. The highest BCUT2D eigenvalue weighted by Crippen LogP contribution is 2.26. The van der Waals surface area contributed by atoms with Gasteiger partial charge in [0.05, 0.1) is 6.54 Å². The number of nitrogens with zero attached hydrogens (tertiary/aromatic N) is 1. The van der Waals surface area contributed by atoms with Crippen molar-refractivity contribution < 1.29 is 19.5 Å². The van der Waals surface area contributed by atoms with Gasteiger partial charge in [0.2, 0.25) is 5.91 Å². The lowest BCUT2D eigenvalue weighted by atomic mass is 10.5. The van der Waals surface area contributed by atoms with Crippen LogP contribution in [0, 0.1) is 0 Å². The van der Waals surface area contributed by atoms with E-state index in [9.17, 15) is 14.4 Å². The molecule has 1 saturated carbocycles. The van der Waals surface area contributed by atoms with Crippen LogP contribution in [0.25, 0.3) is 0 Å². The minimum atomic E-state index is -1.11. The Hall–Kier alpha value is -1.79. The predicted molar refractivity (Wildman–Crippen MR) is 59.4 cm³/mol. The lowest BCUT2D eigenvalue weighted by Crippen LogP contribution is -2.45. The molecule has 1 rings (SSSR count). The molecule has 1 fully saturated rings. The Morgan fingerprint density at radius 2 is 1.88 bits per heavy atom. The van der Waals surface area contributed by atoms with Crippen molar-refractivity contribution in [1.82, 2.24) is 15.5 Å². The molecule has 0 unspecified atom stereocenters. The number of carboxylic acids is 1. The van der Waals surface area contributed by atoms with Gasteiger partial charge in [-0.2, -0.15) is 0 Å². The molecule has 1 aliphatic rings. The number of amides is 3. The minimum absolute atomic E-state index is 0.199. The third kappa shape index (κ3) is 4.71. The van der Waals surface area contributed by atoms with E-state index in [0.29, 0.717) is 12.6 Å². The van der Waals surface area contributed by atoms with Gasteiger partial charge in [-0.25, -0.2) is 4.79 Å². The predicted octanol–water partition coefficient (Wildman–Crippen LogP) is -0.619. The van der Waals surface area contributed by atoms with Crippen molar-refractivity contribution in [2.75, 3.05) is 19.6 Å². The smallest absolute Gasteiger partial charge is 0.322 e. The summed E-state index contributed by atoms with van der Waals surface area (Å²) in [5, 5.41) is 13.0. The molecule has 0 aromatic carbocycles. The Balaban J connectivity index is 2.22. The number of urea groups is 1. The molecule has 0 aromatic rings. The average molecular weight is 243 g/mol. The maximum atomic E-state index is 11.6. The van der Waals surface area contributed by atoms with Gasteiger partial charge in [0, 0.05) is 12.6 Å². The van der Waals surface area contributed by atoms with Gasteiger partial charge in [-0.3, -0.25) is 9.59 Å². The number of carboxylic acid groups (broad SMARTS) is 1. The van der Waals surface area contributed by atoms with Gasteiger partial charge in [-0.05, 0) is 19.8 Å². The van der Waals surface area contributed by atoms with E-state index in [4.69, 9.17) is 5.11 Å². The molecule has 0 aliphatic heterocycles. The molecule has 0 atom stereocenters. The normalized spacial score (nSPS) is 13.9. The van der Waals surface area contributed by atoms with Gasteiger partial charge in [-0.15, -0.1) is 0 Å². The number of nitrogens with one attached hydrogen (secondary N) is 2. The van der Waals surface area contributed by atoms with Gasteiger partial charge in [0.15, 0.2) is 0 Å². The largest absolute Gasteiger partial charge is 0.480 e. The summed E-state index contributed by atoms with van der Waals surface area (Å²) in [6.07, 6.45) is 2.01. The Kier molecular flexibility index (Phi) is 4.74. The van der Waals surface area contributed by atoms with Crippen LogP contribution in [0.2, 0.25) is 0 Å². The molecule has 1 aliphatic carbocycles. The van der Waals surface area contributed by atoms with Crippen LogP contribution in [-0.4, -0.2) is 53.6 Å². The number of hydrogen-bond donors (Lipinski definition) is 3. The van der Waals surface area contributed by atoms with E-state index in [1.165, 1.54) is 0 Å². The Morgan fingerprint density at radius 3 is 2.35 bits per heavy atom. The number of carbonyl (C=O) groups is 3. The fourth-order valence-electron chi connectivity index (χ4n) is 1.45. The monoisotopic (exact) mass is 243 g/mol. The molecular weight excluding hydrogens is 226 g/mol. The van der Waals surface area contributed by atoms with Gasteiger partial charge in [0.1, 0.15) is 6.54 Å². The third-order valence-corrected chi connectivity index (χ3v) is 2.43. The van der Waals surface area contributed by atoms with E-state index in [0.717, 1.165) is 12.8 Å². The highest BCUT2D eigenvalue weighted by atomic mass is 16.4. The van der Waals surface area contributed by atoms with Crippen molar-refractivity contribution in [3.63, 3.8) is 0 Å². The topological polar surface area (TPSA) is 98.7 Å². The van der Waals surface area contributed by atoms with Crippen molar-refractivity contribution in [2.24, 2.45) is 0 Å². The van der Waals surface area contributed by atoms with Crippen LogP contribution in [-0.2, 0) is 9.59 Å². The maximum Gasteiger partial charge on any atom is 0.322 e. The van der Waals surface area contributed by atoms with E-state index in [-0.39, 0.29) is 12.6 Å². The van der Waals surface area contributed by atoms with Gasteiger partial charge < -0.3 is 20.6 Å². The van der Waals surface area contributed by atoms with Gasteiger partial charge >= 0.3 is 12.0 Å².